The van der Waals surface area contributed by atoms with Crippen LogP contribution >= 0.6 is 0 Å². The van der Waals surface area contributed by atoms with E-state index in [1.807, 2.05) is 24.3 Å². The van der Waals surface area contributed by atoms with Crippen LogP contribution in [0.1, 0.15) is 54.3 Å². The van der Waals surface area contributed by atoms with Crippen molar-refractivity contribution < 1.29 is 28.2 Å². The maximum Gasteiger partial charge on any atom is 0.418 e. The van der Waals surface area contributed by atoms with Crippen molar-refractivity contribution in [3.8, 4) is 6.07 Å². The van der Waals surface area contributed by atoms with E-state index in [1.54, 1.807) is 0 Å². The predicted octanol–water partition coefficient (Wildman–Crippen LogP) is 3.81. The standard InChI is InChI=1S/C27H28F2N4O4/c28-21-10-7-17(11-22(21)29)24-15-37-27(36)33(24)26(35)31-23-13-32(14-25(23)34)19-8-5-16(6-9-19)20-4-2-1-3-18(20)12-30/h1-4,7,10-11,16,19,23-25,34H,5-6,8-9,13-15H2,(H,31,35)/t16?,19?,23?,24-,25?/m1/s1. The Morgan fingerprint density at radius 1 is 1.08 bits per heavy atom. The number of β-amino-alcohol motifs (C(OH)–C–C–N with tert-alkyl or cyclic N) is 1. The molecule has 37 heavy (non-hydrogen) atoms. The second-order valence-electron chi connectivity index (χ2n) is 9.92. The van der Waals surface area contributed by atoms with Gasteiger partial charge in [0, 0.05) is 19.1 Å². The van der Waals surface area contributed by atoms with Crippen LogP contribution in [0.5, 0.6) is 0 Å². The number of benzene rings is 2. The van der Waals surface area contributed by atoms with Crippen LogP contribution in [0.4, 0.5) is 18.4 Å². The van der Waals surface area contributed by atoms with E-state index >= 15 is 0 Å². The van der Waals surface area contributed by atoms with Gasteiger partial charge in [-0.25, -0.2) is 23.3 Å². The lowest BCUT2D eigenvalue weighted by Gasteiger charge is -2.35. The number of imide groups is 1. The highest BCUT2D eigenvalue weighted by atomic mass is 19.2. The van der Waals surface area contributed by atoms with Crippen LogP contribution in [-0.2, 0) is 4.74 Å². The minimum atomic E-state index is -1.08. The maximum absolute atomic E-state index is 13.7. The second-order valence-corrected chi connectivity index (χ2v) is 9.92. The van der Waals surface area contributed by atoms with Crippen LogP contribution in [0.25, 0.3) is 0 Å². The van der Waals surface area contributed by atoms with Crippen molar-refractivity contribution in [3.63, 3.8) is 0 Å². The number of hydrogen-bond acceptors (Lipinski definition) is 6. The first-order chi connectivity index (χ1) is 17.9. The summed E-state index contributed by atoms with van der Waals surface area (Å²) in [4.78, 5) is 28.3. The molecule has 0 spiro atoms. The minimum absolute atomic E-state index is 0.172. The Labute approximate surface area is 213 Å². The number of hydrogen-bond donors (Lipinski definition) is 2. The van der Waals surface area contributed by atoms with Crippen LogP contribution in [-0.4, -0.2) is 64.9 Å². The van der Waals surface area contributed by atoms with Gasteiger partial charge in [0.2, 0.25) is 0 Å². The molecule has 2 aromatic rings. The van der Waals surface area contributed by atoms with E-state index in [2.05, 4.69) is 16.3 Å². The Hall–Kier alpha value is -3.55. The molecule has 2 heterocycles. The van der Waals surface area contributed by atoms with Crippen molar-refractivity contribution in [1.82, 2.24) is 15.1 Å². The van der Waals surface area contributed by atoms with E-state index in [-0.39, 0.29) is 18.2 Å². The fourth-order valence-corrected chi connectivity index (χ4v) is 5.80. The SMILES string of the molecule is N#Cc1ccccc1C1CCC(N2CC(O)C(NC(=O)N3C(=O)OC[C@@H]3c3ccc(F)c(F)c3)C2)CC1. The summed E-state index contributed by atoms with van der Waals surface area (Å²) >= 11 is 0. The molecule has 2 aromatic carbocycles. The van der Waals surface area contributed by atoms with Crippen LogP contribution in [0, 0.1) is 23.0 Å². The molecule has 2 saturated heterocycles. The molecule has 3 atom stereocenters. The average molecular weight is 511 g/mol. The summed E-state index contributed by atoms with van der Waals surface area (Å²) in [5.41, 5.74) is 2.04. The molecule has 1 saturated carbocycles. The summed E-state index contributed by atoms with van der Waals surface area (Å²) in [6, 6.07) is 11.2. The van der Waals surface area contributed by atoms with Gasteiger partial charge in [-0.2, -0.15) is 5.26 Å². The zero-order chi connectivity index (χ0) is 26.1. The Bertz CT molecular complexity index is 1230. The van der Waals surface area contributed by atoms with Crippen LogP contribution in [0.2, 0.25) is 0 Å². The van der Waals surface area contributed by atoms with E-state index in [0.717, 1.165) is 48.3 Å². The number of amides is 3. The average Bonchev–Trinajstić information content (AvgIpc) is 3.48. The van der Waals surface area contributed by atoms with Crippen molar-refractivity contribution in [2.75, 3.05) is 19.7 Å². The normalized spacial score (nSPS) is 28.1. The van der Waals surface area contributed by atoms with Gasteiger partial charge in [0.25, 0.3) is 0 Å². The second kappa shape index (κ2) is 10.4. The summed E-state index contributed by atoms with van der Waals surface area (Å²) < 4.78 is 32.1. The molecule has 0 aromatic heterocycles. The quantitative estimate of drug-likeness (QED) is 0.648. The zero-order valence-electron chi connectivity index (χ0n) is 20.1. The molecule has 3 amide bonds. The molecule has 1 aliphatic carbocycles. The minimum Gasteiger partial charge on any atom is -0.446 e. The number of nitrogens with one attached hydrogen (secondary N) is 1. The lowest BCUT2D eigenvalue weighted by atomic mass is 9.80. The van der Waals surface area contributed by atoms with Crippen molar-refractivity contribution in [2.24, 2.45) is 0 Å². The third-order valence-electron chi connectivity index (χ3n) is 7.78. The van der Waals surface area contributed by atoms with Gasteiger partial charge < -0.3 is 15.2 Å². The van der Waals surface area contributed by atoms with Gasteiger partial charge in [0.05, 0.1) is 23.8 Å². The highest BCUT2D eigenvalue weighted by Crippen LogP contribution is 2.37. The number of rotatable bonds is 4. The molecule has 194 valence electrons. The van der Waals surface area contributed by atoms with E-state index in [9.17, 15) is 28.7 Å². The van der Waals surface area contributed by atoms with Gasteiger partial charge in [-0.3, -0.25) is 4.90 Å². The number of carbonyl (C=O) groups excluding carboxylic acids is 2. The predicted molar refractivity (Wildman–Crippen MR) is 128 cm³/mol. The van der Waals surface area contributed by atoms with Gasteiger partial charge in [-0.1, -0.05) is 24.3 Å². The lowest BCUT2D eigenvalue weighted by Crippen LogP contribution is -2.50. The fourth-order valence-electron chi connectivity index (χ4n) is 5.80. The molecule has 2 aliphatic heterocycles. The molecule has 5 rings (SSSR count). The van der Waals surface area contributed by atoms with Crippen molar-refractivity contribution >= 4 is 12.1 Å². The molecule has 3 fully saturated rings. The smallest absolute Gasteiger partial charge is 0.418 e. The third kappa shape index (κ3) is 5.02. The summed E-state index contributed by atoms with van der Waals surface area (Å²) in [5, 5.41) is 22.8. The number of cyclic esters (lactones) is 1. The summed E-state index contributed by atoms with van der Waals surface area (Å²) in [6.45, 7) is 0.650. The summed E-state index contributed by atoms with van der Waals surface area (Å²) in [5.74, 6) is -1.78. The first-order valence-corrected chi connectivity index (χ1v) is 12.5. The molecular weight excluding hydrogens is 482 g/mol. The first kappa shape index (κ1) is 25.1. The number of carbonyl (C=O) groups is 2. The summed E-state index contributed by atoms with van der Waals surface area (Å²) in [7, 11) is 0. The molecule has 0 radical (unpaired) electrons. The highest BCUT2D eigenvalue weighted by Gasteiger charge is 2.43. The molecular formula is C27H28F2N4O4. The number of halogens is 2. The van der Waals surface area contributed by atoms with E-state index in [4.69, 9.17) is 4.74 Å². The largest absolute Gasteiger partial charge is 0.446 e. The van der Waals surface area contributed by atoms with Crippen LogP contribution in [0.3, 0.4) is 0 Å². The molecule has 2 N–H and O–H groups in total. The molecule has 3 aliphatic rings. The van der Waals surface area contributed by atoms with Crippen molar-refractivity contribution in [1.29, 1.82) is 5.26 Å². The van der Waals surface area contributed by atoms with Gasteiger partial charge in [0.1, 0.15) is 12.6 Å². The molecule has 2 unspecified atom stereocenters. The van der Waals surface area contributed by atoms with Crippen LogP contribution < -0.4 is 5.32 Å². The third-order valence-corrected chi connectivity index (χ3v) is 7.78. The number of likely N-dealkylation sites (tertiary alicyclic amines) is 1. The Morgan fingerprint density at radius 3 is 2.57 bits per heavy atom. The van der Waals surface area contributed by atoms with Gasteiger partial charge in [0.15, 0.2) is 11.6 Å². The molecule has 8 nitrogen and oxygen atoms in total. The number of aliphatic hydroxyl groups excluding tert-OH is 1. The van der Waals surface area contributed by atoms with Gasteiger partial charge >= 0.3 is 12.1 Å². The molecule has 0 bridgehead atoms. The number of nitrogens with zero attached hydrogens (tertiary/aromatic N) is 3. The number of urea groups is 1. The fraction of sp³-hybridized carbons (Fsp3) is 0.444. The maximum atomic E-state index is 13.7. The Kier molecular flexibility index (Phi) is 7.09. The van der Waals surface area contributed by atoms with Crippen molar-refractivity contribution in [2.45, 2.75) is 55.8 Å². The van der Waals surface area contributed by atoms with E-state index < -0.39 is 41.9 Å². The number of ether oxygens (including phenoxy) is 1. The van der Waals surface area contributed by atoms with Crippen LogP contribution in [0.15, 0.2) is 42.5 Å². The van der Waals surface area contributed by atoms with E-state index in [0.29, 0.717) is 24.6 Å². The first-order valence-electron chi connectivity index (χ1n) is 12.5. The lowest BCUT2D eigenvalue weighted by molar-refractivity contribution is 0.130. The number of nitriles is 1. The zero-order valence-corrected chi connectivity index (χ0v) is 20.1. The summed E-state index contributed by atoms with van der Waals surface area (Å²) in [6.07, 6.45) is 1.99. The number of aliphatic hydroxyl groups is 1. The molecule has 10 heteroatoms. The Balaban J connectivity index is 1.19. The van der Waals surface area contributed by atoms with Gasteiger partial charge in [-0.05, 0) is 60.9 Å². The Morgan fingerprint density at radius 2 is 1.84 bits per heavy atom. The monoisotopic (exact) mass is 510 g/mol. The van der Waals surface area contributed by atoms with E-state index in [1.165, 1.54) is 6.07 Å². The van der Waals surface area contributed by atoms with Crippen molar-refractivity contribution in [3.05, 3.63) is 70.8 Å². The highest BCUT2D eigenvalue weighted by molar-refractivity contribution is 5.93. The van der Waals surface area contributed by atoms with Gasteiger partial charge in [-0.15, -0.1) is 0 Å². The topological polar surface area (TPSA) is 106 Å².